The Bertz CT molecular complexity index is 275. The first kappa shape index (κ1) is 10.9. The van der Waals surface area contributed by atoms with Crippen LogP contribution >= 0.6 is 0 Å². The first-order valence-electron chi connectivity index (χ1n) is 6.24. The van der Waals surface area contributed by atoms with Gasteiger partial charge >= 0.3 is 0 Å². The molecule has 15 heavy (non-hydrogen) atoms. The summed E-state index contributed by atoms with van der Waals surface area (Å²) in [6.07, 6.45) is 7.43. The fourth-order valence-corrected chi connectivity index (χ4v) is 4.94. The molecule has 0 saturated heterocycles. The maximum atomic E-state index is 2.48. The molecule has 0 spiro atoms. The molecule has 1 fully saturated rings. The van der Waals surface area contributed by atoms with Gasteiger partial charge in [0.1, 0.15) is 0 Å². The van der Waals surface area contributed by atoms with Crippen LogP contribution in [0.4, 0.5) is 0 Å². The van der Waals surface area contributed by atoms with Crippen molar-refractivity contribution in [3.05, 3.63) is 30.3 Å². The van der Waals surface area contributed by atoms with E-state index in [1.165, 1.54) is 38.1 Å². The van der Waals surface area contributed by atoms with Crippen LogP contribution in [0, 0.1) is 5.92 Å². The first-order valence-corrected chi connectivity index (χ1v) is 8.45. The quantitative estimate of drug-likeness (QED) is 0.679. The lowest BCUT2D eigenvalue weighted by atomic mass is 9.91. The smallest absolute Gasteiger partial charge is 0.0669 e. The number of hydrogen-bond donors (Lipinski definition) is 0. The maximum absolute atomic E-state index is 2.48. The Labute approximate surface area is 95.3 Å². The van der Waals surface area contributed by atoms with Crippen molar-refractivity contribution < 1.29 is 0 Å². The molecule has 1 aromatic rings. The van der Waals surface area contributed by atoms with E-state index in [9.17, 15) is 0 Å². The van der Waals surface area contributed by atoms with Crippen molar-refractivity contribution in [2.45, 2.75) is 44.7 Å². The zero-order valence-electron chi connectivity index (χ0n) is 9.71. The number of hydrogen-bond acceptors (Lipinski definition) is 0. The minimum absolute atomic E-state index is 0.266. The second-order valence-corrected chi connectivity index (χ2v) is 7.40. The highest BCUT2D eigenvalue weighted by Crippen LogP contribution is 2.27. The van der Waals surface area contributed by atoms with Crippen LogP contribution in [0.1, 0.15) is 32.1 Å². The normalized spacial score (nSPS) is 18.3. The molecule has 0 atom stereocenters. The van der Waals surface area contributed by atoms with Gasteiger partial charge in [0, 0.05) is 0 Å². The van der Waals surface area contributed by atoms with Crippen LogP contribution in [-0.4, -0.2) is 8.80 Å². The van der Waals surface area contributed by atoms with Crippen LogP contribution in [-0.2, 0) is 0 Å². The Hall–Kier alpha value is -0.563. The molecule has 0 bridgehead atoms. The largest absolute Gasteiger partial charge is 0.0826 e. The number of rotatable bonds is 3. The molecular formula is C14H21Si. The monoisotopic (exact) mass is 217 g/mol. The molecule has 1 aliphatic carbocycles. The molecule has 2 rings (SSSR count). The molecule has 0 N–H and O–H groups in total. The molecule has 81 valence electrons. The topological polar surface area (TPSA) is 0 Å². The average Bonchev–Trinajstić information content (AvgIpc) is 2.31. The van der Waals surface area contributed by atoms with Gasteiger partial charge in [-0.2, -0.15) is 0 Å². The number of benzene rings is 1. The van der Waals surface area contributed by atoms with Gasteiger partial charge in [0.2, 0.25) is 0 Å². The van der Waals surface area contributed by atoms with Gasteiger partial charge in [-0.1, -0.05) is 80.2 Å². The van der Waals surface area contributed by atoms with E-state index in [1.54, 1.807) is 5.19 Å². The summed E-state index contributed by atoms with van der Waals surface area (Å²) in [7, 11) is -0.266. The minimum Gasteiger partial charge on any atom is -0.0669 e. The Morgan fingerprint density at radius 2 is 1.73 bits per heavy atom. The van der Waals surface area contributed by atoms with Crippen molar-refractivity contribution in [1.29, 1.82) is 0 Å². The summed E-state index contributed by atoms with van der Waals surface area (Å²) < 4.78 is 0. The van der Waals surface area contributed by atoms with Crippen molar-refractivity contribution in [3.63, 3.8) is 0 Å². The van der Waals surface area contributed by atoms with Gasteiger partial charge in [-0.25, -0.2) is 0 Å². The molecule has 0 heterocycles. The third-order valence-corrected chi connectivity index (χ3v) is 6.09. The fraction of sp³-hybridized carbons (Fsp3) is 0.571. The van der Waals surface area contributed by atoms with Gasteiger partial charge in [-0.15, -0.1) is 0 Å². The lowest BCUT2D eigenvalue weighted by molar-refractivity contribution is 0.384. The standard InChI is InChI=1S/C14H21Si/c1-15(14-10-6-3-7-11-14)12-13-8-4-2-5-9-13/h3,6-7,10-11,13H,2,4-5,8-9,12H2,1H3. The average molecular weight is 217 g/mol. The van der Waals surface area contributed by atoms with Crippen LogP contribution < -0.4 is 5.19 Å². The Balaban J connectivity index is 1.88. The SMILES string of the molecule is C[Si](CC1CCCCC1)c1ccccc1. The van der Waals surface area contributed by atoms with Gasteiger partial charge < -0.3 is 0 Å². The van der Waals surface area contributed by atoms with Gasteiger partial charge in [-0.05, 0) is 5.92 Å². The van der Waals surface area contributed by atoms with Crippen molar-refractivity contribution in [1.82, 2.24) is 0 Å². The molecule has 0 amide bonds. The lowest BCUT2D eigenvalue weighted by Crippen LogP contribution is -2.29. The van der Waals surface area contributed by atoms with Crippen molar-refractivity contribution in [2.24, 2.45) is 5.92 Å². The van der Waals surface area contributed by atoms with E-state index in [-0.39, 0.29) is 8.80 Å². The zero-order chi connectivity index (χ0) is 10.5. The predicted octanol–water partition coefficient (Wildman–Crippen LogP) is 3.60. The van der Waals surface area contributed by atoms with E-state index in [4.69, 9.17) is 0 Å². The molecule has 1 aliphatic rings. The van der Waals surface area contributed by atoms with Crippen molar-refractivity contribution >= 4 is 14.0 Å². The van der Waals surface area contributed by atoms with Crippen LogP contribution in [0.3, 0.4) is 0 Å². The molecule has 0 nitrogen and oxygen atoms in total. The Morgan fingerprint density at radius 1 is 1.07 bits per heavy atom. The van der Waals surface area contributed by atoms with Gasteiger partial charge in [0.05, 0.1) is 8.80 Å². The summed E-state index contributed by atoms with van der Waals surface area (Å²) in [4.78, 5) is 0. The molecule has 1 radical (unpaired) electrons. The zero-order valence-corrected chi connectivity index (χ0v) is 10.7. The van der Waals surface area contributed by atoms with Gasteiger partial charge in [0.25, 0.3) is 0 Å². The Morgan fingerprint density at radius 3 is 2.40 bits per heavy atom. The van der Waals surface area contributed by atoms with E-state index in [1.807, 2.05) is 0 Å². The summed E-state index contributed by atoms with van der Waals surface area (Å²) in [6, 6.07) is 12.6. The van der Waals surface area contributed by atoms with E-state index in [0.717, 1.165) is 5.92 Å². The second-order valence-electron chi connectivity index (χ2n) is 4.85. The van der Waals surface area contributed by atoms with Crippen LogP contribution in [0.5, 0.6) is 0 Å². The molecule has 0 aliphatic heterocycles. The third kappa shape index (κ3) is 3.20. The van der Waals surface area contributed by atoms with E-state index in [0.29, 0.717) is 0 Å². The molecular weight excluding hydrogens is 196 g/mol. The third-order valence-electron chi connectivity index (χ3n) is 3.59. The van der Waals surface area contributed by atoms with E-state index in [2.05, 4.69) is 36.9 Å². The predicted molar refractivity (Wildman–Crippen MR) is 69.1 cm³/mol. The maximum Gasteiger partial charge on any atom is 0.0826 e. The second kappa shape index (κ2) is 5.50. The minimum atomic E-state index is -0.266. The molecule has 1 heteroatoms. The summed E-state index contributed by atoms with van der Waals surface area (Å²) in [5.41, 5.74) is 0. The van der Waals surface area contributed by atoms with Gasteiger partial charge in [-0.3, -0.25) is 0 Å². The first-order chi connectivity index (χ1) is 7.36. The summed E-state index contributed by atoms with van der Waals surface area (Å²) >= 11 is 0. The summed E-state index contributed by atoms with van der Waals surface area (Å²) in [5, 5.41) is 1.62. The van der Waals surface area contributed by atoms with Crippen molar-refractivity contribution in [3.8, 4) is 0 Å². The summed E-state index contributed by atoms with van der Waals surface area (Å²) in [5.74, 6) is 1.04. The van der Waals surface area contributed by atoms with Gasteiger partial charge in [0.15, 0.2) is 0 Å². The highest BCUT2D eigenvalue weighted by Gasteiger charge is 2.18. The van der Waals surface area contributed by atoms with Crippen molar-refractivity contribution in [2.75, 3.05) is 0 Å². The van der Waals surface area contributed by atoms with Crippen LogP contribution in [0.25, 0.3) is 0 Å². The van der Waals surface area contributed by atoms with E-state index >= 15 is 0 Å². The van der Waals surface area contributed by atoms with Crippen LogP contribution in [0.15, 0.2) is 30.3 Å². The fourth-order valence-electron chi connectivity index (χ4n) is 2.66. The highest BCUT2D eigenvalue weighted by molar-refractivity contribution is 6.72. The van der Waals surface area contributed by atoms with Crippen LogP contribution in [0.2, 0.25) is 12.6 Å². The molecule has 0 aromatic heterocycles. The molecule has 1 saturated carbocycles. The lowest BCUT2D eigenvalue weighted by Gasteiger charge is -2.24. The molecule has 1 aromatic carbocycles. The Kier molecular flexibility index (Phi) is 4.01. The molecule has 0 unspecified atom stereocenters. The summed E-state index contributed by atoms with van der Waals surface area (Å²) in [6.45, 7) is 2.48. The highest BCUT2D eigenvalue weighted by atomic mass is 28.3. The van der Waals surface area contributed by atoms with E-state index < -0.39 is 0 Å².